The molecule has 0 bridgehead atoms. The molecule has 0 N–H and O–H groups in total. The van der Waals surface area contributed by atoms with Gasteiger partial charge in [-0.3, -0.25) is 0 Å². The summed E-state index contributed by atoms with van der Waals surface area (Å²) in [6.45, 7) is 4.16. The maximum absolute atomic E-state index is 10.5. The average molecular weight is 182 g/mol. The van der Waals surface area contributed by atoms with Gasteiger partial charge in [-0.15, -0.1) is 0 Å². The highest BCUT2D eigenvalue weighted by Gasteiger charge is 2.43. The van der Waals surface area contributed by atoms with Gasteiger partial charge in [0.05, 0.1) is 0 Å². The van der Waals surface area contributed by atoms with Gasteiger partial charge >= 0.3 is 0 Å². The van der Waals surface area contributed by atoms with Crippen LogP contribution in [0, 0.1) is 23.7 Å². The molecule has 1 saturated heterocycles. The van der Waals surface area contributed by atoms with Gasteiger partial charge < -0.3 is 9.53 Å². The maximum atomic E-state index is 10.5. The van der Waals surface area contributed by atoms with Crippen LogP contribution in [0.4, 0.5) is 0 Å². The van der Waals surface area contributed by atoms with Crippen molar-refractivity contribution in [2.75, 3.05) is 13.2 Å². The highest BCUT2D eigenvalue weighted by Crippen LogP contribution is 2.47. The summed E-state index contributed by atoms with van der Waals surface area (Å²) in [6, 6.07) is 0. The number of carbonyl (C=O) groups excluding carboxylic acids is 1. The molecule has 0 aromatic heterocycles. The average Bonchev–Trinajstić information content (AvgIpc) is 2.97. The van der Waals surface area contributed by atoms with Gasteiger partial charge in [0.25, 0.3) is 0 Å². The fourth-order valence-corrected chi connectivity index (χ4v) is 2.59. The fourth-order valence-electron chi connectivity index (χ4n) is 2.59. The van der Waals surface area contributed by atoms with E-state index < -0.39 is 0 Å². The summed E-state index contributed by atoms with van der Waals surface area (Å²) in [5.41, 5.74) is 0. The third-order valence-corrected chi connectivity index (χ3v) is 3.75. The molecule has 2 fully saturated rings. The second kappa shape index (κ2) is 3.79. The first-order valence-corrected chi connectivity index (χ1v) is 5.36. The Bertz CT molecular complexity index is 185. The summed E-state index contributed by atoms with van der Waals surface area (Å²) in [7, 11) is 0. The first kappa shape index (κ1) is 9.20. The molecule has 1 heterocycles. The van der Waals surface area contributed by atoms with E-state index in [1.807, 2.05) is 0 Å². The molecule has 0 amide bonds. The van der Waals surface area contributed by atoms with Gasteiger partial charge in [-0.2, -0.15) is 0 Å². The van der Waals surface area contributed by atoms with Crippen LogP contribution in [0.1, 0.15) is 26.2 Å². The smallest absolute Gasteiger partial charge is 0.123 e. The molecular formula is C11H18O2. The molecular weight excluding hydrogens is 164 g/mol. The van der Waals surface area contributed by atoms with Crippen molar-refractivity contribution in [1.82, 2.24) is 0 Å². The van der Waals surface area contributed by atoms with Crippen LogP contribution >= 0.6 is 0 Å². The molecule has 2 aliphatic rings. The molecule has 0 aromatic rings. The molecule has 0 radical (unpaired) electrons. The molecule has 0 unspecified atom stereocenters. The Labute approximate surface area is 79.7 Å². The highest BCUT2D eigenvalue weighted by atomic mass is 16.5. The van der Waals surface area contributed by atoms with Gasteiger partial charge in [-0.1, -0.05) is 6.92 Å². The fraction of sp³-hybridized carbons (Fsp3) is 0.909. The van der Waals surface area contributed by atoms with Crippen LogP contribution in [-0.2, 0) is 9.53 Å². The molecule has 0 aromatic carbocycles. The zero-order valence-corrected chi connectivity index (χ0v) is 8.24. The topological polar surface area (TPSA) is 26.3 Å². The Hall–Kier alpha value is -0.370. The van der Waals surface area contributed by atoms with Crippen molar-refractivity contribution in [3.8, 4) is 0 Å². The van der Waals surface area contributed by atoms with Crippen molar-refractivity contribution in [3.63, 3.8) is 0 Å². The molecule has 13 heavy (non-hydrogen) atoms. The predicted octanol–water partition coefficient (Wildman–Crippen LogP) is 1.88. The zero-order chi connectivity index (χ0) is 9.26. The Kier molecular flexibility index (Phi) is 2.68. The lowest BCUT2D eigenvalue weighted by Gasteiger charge is -2.27. The SMILES string of the molecule is C[C@H](C1CCOCC1)[C@H]1C[C@H]1C=O. The summed E-state index contributed by atoms with van der Waals surface area (Å²) in [4.78, 5) is 10.5. The van der Waals surface area contributed by atoms with E-state index in [2.05, 4.69) is 6.92 Å². The molecule has 74 valence electrons. The first-order chi connectivity index (χ1) is 6.33. The van der Waals surface area contributed by atoms with Crippen LogP contribution in [-0.4, -0.2) is 19.5 Å². The predicted molar refractivity (Wildman–Crippen MR) is 50.4 cm³/mol. The summed E-state index contributed by atoms with van der Waals surface area (Å²) >= 11 is 0. The monoisotopic (exact) mass is 182 g/mol. The Balaban J connectivity index is 1.82. The van der Waals surface area contributed by atoms with Crippen molar-refractivity contribution in [3.05, 3.63) is 0 Å². The molecule has 2 heteroatoms. The largest absolute Gasteiger partial charge is 0.381 e. The Morgan fingerprint density at radius 1 is 1.38 bits per heavy atom. The summed E-state index contributed by atoms with van der Waals surface area (Å²) in [5.74, 6) is 2.63. The van der Waals surface area contributed by atoms with Crippen LogP contribution in [0.15, 0.2) is 0 Å². The van der Waals surface area contributed by atoms with Crippen molar-refractivity contribution in [2.24, 2.45) is 23.7 Å². The van der Waals surface area contributed by atoms with E-state index in [9.17, 15) is 4.79 Å². The molecule has 0 spiro atoms. The number of ether oxygens (including phenoxy) is 1. The Morgan fingerprint density at radius 2 is 2.08 bits per heavy atom. The van der Waals surface area contributed by atoms with Gasteiger partial charge in [0, 0.05) is 19.1 Å². The van der Waals surface area contributed by atoms with Crippen LogP contribution < -0.4 is 0 Å². The van der Waals surface area contributed by atoms with Crippen molar-refractivity contribution >= 4 is 6.29 Å². The minimum absolute atomic E-state index is 0.387. The van der Waals surface area contributed by atoms with Crippen molar-refractivity contribution in [2.45, 2.75) is 26.2 Å². The highest BCUT2D eigenvalue weighted by molar-refractivity contribution is 5.58. The van der Waals surface area contributed by atoms with E-state index in [-0.39, 0.29) is 0 Å². The van der Waals surface area contributed by atoms with Gasteiger partial charge in [0.15, 0.2) is 0 Å². The third kappa shape index (κ3) is 1.93. The van der Waals surface area contributed by atoms with E-state index in [1.165, 1.54) is 12.8 Å². The standard InChI is InChI=1S/C11H18O2/c1-8(11-6-10(11)7-12)9-2-4-13-5-3-9/h7-11H,2-6H2,1H3/t8-,10+,11-/m1/s1. The normalized spacial score (nSPS) is 37.0. The van der Waals surface area contributed by atoms with Crippen LogP contribution in [0.2, 0.25) is 0 Å². The van der Waals surface area contributed by atoms with Crippen LogP contribution in [0.25, 0.3) is 0 Å². The van der Waals surface area contributed by atoms with Gasteiger partial charge in [0.1, 0.15) is 6.29 Å². The lowest BCUT2D eigenvalue weighted by atomic mass is 9.83. The molecule has 1 aliphatic carbocycles. The van der Waals surface area contributed by atoms with E-state index in [4.69, 9.17) is 4.74 Å². The van der Waals surface area contributed by atoms with Crippen molar-refractivity contribution < 1.29 is 9.53 Å². The van der Waals surface area contributed by atoms with Gasteiger partial charge in [0.2, 0.25) is 0 Å². The van der Waals surface area contributed by atoms with E-state index in [0.717, 1.165) is 37.8 Å². The second-order valence-electron chi connectivity index (χ2n) is 4.51. The summed E-state index contributed by atoms with van der Waals surface area (Å²) < 4.78 is 5.33. The van der Waals surface area contributed by atoms with E-state index in [0.29, 0.717) is 11.8 Å². The van der Waals surface area contributed by atoms with Gasteiger partial charge in [-0.05, 0) is 37.0 Å². The lowest BCUT2D eigenvalue weighted by molar-refractivity contribution is -0.109. The molecule has 2 rings (SSSR count). The quantitative estimate of drug-likeness (QED) is 0.623. The van der Waals surface area contributed by atoms with Crippen LogP contribution in [0.3, 0.4) is 0 Å². The summed E-state index contributed by atoms with van der Waals surface area (Å²) in [6.07, 6.45) is 4.68. The Morgan fingerprint density at radius 3 is 2.62 bits per heavy atom. The van der Waals surface area contributed by atoms with Crippen LogP contribution in [0.5, 0.6) is 0 Å². The first-order valence-electron chi connectivity index (χ1n) is 5.36. The molecule has 1 saturated carbocycles. The van der Waals surface area contributed by atoms with Gasteiger partial charge in [-0.25, -0.2) is 0 Å². The maximum Gasteiger partial charge on any atom is 0.123 e. The van der Waals surface area contributed by atoms with E-state index >= 15 is 0 Å². The lowest BCUT2D eigenvalue weighted by Crippen LogP contribution is -2.23. The number of hydrogen-bond donors (Lipinski definition) is 0. The van der Waals surface area contributed by atoms with Crippen molar-refractivity contribution in [1.29, 1.82) is 0 Å². The molecule has 3 atom stereocenters. The molecule has 2 nitrogen and oxygen atoms in total. The minimum atomic E-state index is 0.387. The molecule has 1 aliphatic heterocycles. The number of carbonyl (C=O) groups is 1. The second-order valence-corrected chi connectivity index (χ2v) is 4.51. The number of aldehydes is 1. The number of hydrogen-bond acceptors (Lipinski definition) is 2. The zero-order valence-electron chi connectivity index (χ0n) is 8.24. The number of rotatable bonds is 3. The summed E-state index contributed by atoms with van der Waals surface area (Å²) in [5, 5.41) is 0. The third-order valence-electron chi connectivity index (χ3n) is 3.75. The minimum Gasteiger partial charge on any atom is -0.381 e. The van der Waals surface area contributed by atoms with E-state index in [1.54, 1.807) is 0 Å².